The molecule has 0 aliphatic carbocycles. The Balaban J connectivity index is 1.93. The van der Waals surface area contributed by atoms with Crippen molar-refractivity contribution in [1.29, 1.82) is 0 Å². The van der Waals surface area contributed by atoms with Crippen LogP contribution in [0.25, 0.3) is 0 Å². The van der Waals surface area contributed by atoms with Crippen molar-refractivity contribution in [2.24, 2.45) is 0 Å². The molecule has 0 bridgehead atoms. The molecule has 4 heteroatoms. The number of ether oxygens (including phenoxy) is 1. The van der Waals surface area contributed by atoms with Crippen molar-refractivity contribution in [2.45, 2.75) is 19.5 Å². The van der Waals surface area contributed by atoms with Gasteiger partial charge < -0.3 is 10.1 Å². The van der Waals surface area contributed by atoms with Crippen LogP contribution in [0.4, 0.5) is 0 Å². The highest BCUT2D eigenvalue weighted by molar-refractivity contribution is 7.10. The summed E-state index contributed by atoms with van der Waals surface area (Å²) < 4.78 is 5.10. The predicted molar refractivity (Wildman–Crippen MR) is 70.4 cm³/mol. The standard InChI is InChI=1S/C13H16N2OS/c1-10(12-6-4-8-17-12)14-9-11-5-3-7-13(15-11)16-2/h3-8,10,14H,9H2,1-2H3/t10-/m1/s1. The first-order valence-corrected chi connectivity index (χ1v) is 6.44. The Hall–Kier alpha value is -1.39. The summed E-state index contributed by atoms with van der Waals surface area (Å²) in [5.74, 6) is 0.660. The summed E-state index contributed by atoms with van der Waals surface area (Å²) in [5, 5.41) is 5.54. The van der Waals surface area contributed by atoms with Crippen LogP contribution in [-0.2, 0) is 6.54 Å². The van der Waals surface area contributed by atoms with E-state index in [-0.39, 0.29) is 0 Å². The molecule has 0 amide bonds. The second-order valence-electron chi connectivity index (χ2n) is 3.79. The molecule has 2 aromatic heterocycles. The summed E-state index contributed by atoms with van der Waals surface area (Å²) >= 11 is 1.77. The Labute approximate surface area is 105 Å². The smallest absolute Gasteiger partial charge is 0.213 e. The van der Waals surface area contributed by atoms with Crippen molar-refractivity contribution in [3.05, 3.63) is 46.3 Å². The minimum atomic E-state index is 0.350. The van der Waals surface area contributed by atoms with Gasteiger partial charge >= 0.3 is 0 Å². The van der Waals surface area contributed by atoms with Gasteiger partial charge in [-0.3, -0.25) is 0 Å². The number of rotatable bonds is 5. The van der Waals surface area contributed by atoms with Crippen LogP contribution in [0.2, 0.25) is 0 Å². The van der Waals surface area contributed by atoms with E-state index in [2.05, 4.69) is 34.7 Å². The van der Waals surface area contributed by atoms with Gasteiger partial charge in [0, 0.05) is 23.5 Å². The van der Waals surface area contributed by atoms with E-state index in [4.69, 9.17) is 4.74 Å². The van der Waals surface area contributed by atoms with Crippen LogP contribution in [0.3, 0.4) is 0 Å². The minimum Gasteiger partial charge on any atom is -0.481 e. The van der Waals surface area contributed by atoms with Crippen LogP contribution in [0.15, 0.2) is 35.7 Å². The van der Waals surface area contributed by atoms with Gasteiger partial charge in [-0.1, -0.05) is 12.1 Å². The van der Waals surface area contributed by atoms with Gasteiger partial charge in [0.15, 0.2) is 0 Å². The fourth-order valence-electron chi connectivity index (χ4n) is 1.57. The molecule has 0 fully saturated rings. The highest BCUT2D eigenvalue weighted by Gasteiger charge is 2.06. The van der Waals surface area contributed by atoms with Crippen molar-refractivity contribution in [3.8, 4) is 5.88 Å². The number of pyridine rings is 1. The van der Waals surface area contributed by atoms with E-state index < -0.39 is 0 Å². The lowest BCUT2D eigenvalue weighted by Crippen LogP contribution is -2.17. The molecule has 2 heterocycles. The largest absolute Gasteiger partial charge is 0.481 e. The lowest BCUT2D eigenvalue weighted by atomic mass is 10.2. The first-order chi connectivity index (χ1) is 8.29. The highest BCUT2D eigenvalue weighted by atomic mass is 32.1. The topological polar surface area (TPSA) is 34.1 Å². The number of nitrogens with one attached hydrogen (secondary N) is 1. The Morgan fingerprint density at radius 1 is 1.35 bits per heavy atom. The number of nitrogens with zero attached hydrogens (tertiary/aromatic N) is 1. The molecule has 3 nitrogen and oxygen atoms in total. The summed E-state index contributed by atoms with van der Waals surface area (Å²) in [4.78, 5) is 5.70. The minimum absolute atomic E-state index is 0.350. The zero-order valence-electron chi connectivity index (χ0n) is 10.0. The molecule has 0 aromatic carbocycles. The molecule has 0 radical (unpaired) electrons. The molecule has 1 atom stereocenters. The second-order valence-corrected chi connectivity index (χ2v) is 4.77. The molecule has 90 valence electrons. The van der Waals surface area contributed by atoms with Gasteiger partial charge in [0.25, 0.3) is 0 Å². The maximum Gasteiger partial charge on any atom is 0.213 e. The zero-order chi connectivity index (χ0) is 12.1. The fourth-order valence-corrected chi connectivity index (χ4v) is 2.32. The first kappa shape index (κ1) is 12.1. The van der Waals surface area contributed by atoms with E-state index in [0.29, 0.717) is 11.9 Å². The predicted octanol–water partition coefficient (Wildman–Crippen LogP) is 3.00. The first-order valence-electron chi connectivity index (χ1n) is 5.56. The number of methoxy groups -OCH3 is 1. The molecule has 0 aliphatic rings. The van der Waals surface area contributed by atoms with E-state index in [0.717, 1.165) is 12.2 Å². The van der Waals surface area contributed by atoms with Crippen LogP contribution in [-0.4, -0.2) is 12.1 Å². The lowest BCUT2D eigenvalue weighted by Gasteiger charge is -2.11. The Kier molecular flexibility index (Phi) is 4.12. The average Bonchev–Trinajstić information content (AvgIpc) is 2.90. The molecule has 2 aromatic rings. The summed E-state index contributed by atoms with van der Waals surface area (Å²) in [6.07, 6.45) is 0. The van der Waals surface area contributed by atoms with Crippen molar-refractivity contribution >= 4 is 11.3 Å². The monoisotopic (exact) mass is 248 g/mol. The number of hydrogen-bond acceptors (Lipinski definition) is 4. The molecule has 0 saturated carbocycles. The SMILES string of the molecule is COc1cccc(CN[C@H](C)c2cccs2)n1. The zero-order valence-corrected chi connectivity index (χ0v) is 10.8. The second kappa shape index (κ2) is 5.80. The van der Waals surface area contributed by atoms with Gasteiger partial charge in [-0.05, 0) is 24.4 Å². The third kappa shape index (κ3) is 3.28. The van der Waals surface area contributed by atoms with Crippen molar-refractivity contribution in [1.82, 2.24) is 10.3 Å². The Morgan fingerprint density at radius 3 is 2.94 bits per heavy atom. The maximum absolute atomic E-state index is 5.10. The molecule has 2 rings (SSSR count). The Bertz CT molecular complexity index is 456. The van der Waals surface area contributed by atoms with Gasteiger partial charge in [-0.2, -0.15) is 0 Å². The average molecular weight is 248 g/mol. The summed E-state index contributed by atoms with van der Waals surface area (Å²) in [6, 6.07) is 10.4. The third-order valence-electron chi connectivity index (χ3n) is 2.55. The number of thiophene rings is 1. The molecule has 0 spiro atoms. The molecule has 1 N–H and O–H groups in total. The van der Waals surface area contributed by atoms with Crippen molar-refractivity contribution < 1.29 is 4.74 Å². The summed E-state index contributed by atoms with van der Waals surface area (Å²) in [6.45, 7) is 2.91. The quantitative estimate of drug-likeness (QED) is 0.883. The summed E-state index contributed by atoms with van der Waals surface area (Å²) in [5.41, 5.74) is 0.993. The van der Waals surface area contributed by atoms with Gasteiger partial charge in [-0.15, -0.1) is 11.3 Å². The van der Waals surface area contributed by atoms with E-state index in [9.17, 15) is 0 Å². The van der Waals surface area contributed by atoms with Crippen molar-refractivity contribution in [2.75, 3.05) is 7.11 Å². The number of aromatic nitrogens is 1. The van der Waals surface area contributed by atoms with E-state index >= 15 is 0 Å². The van der Waals surface area contributed by atoms with Crippen molar-refractivity contribution in [3.63, 3.8) is 0 Å². The number of hydrogen-bond donors (Lipinski definition) is 1. The van der Waals surface area contributed by atoms with Crippen LogP contribution in [0.5, 0.6) is 5.88 Å². The highest BCUT2D eigenvalue weighted by Crippen LogP contribution is 2.18. The lowest BCUT2D eigenvalue weighted by molar-refractivity contribution is 0.395. The fraction of sp³-hybridized carbons (Fsp3) is 0.308. The van der Waals surface area contributed by atoms with Gasteiger partial charge in [-0.25, -0.2) is 4.98 Å². The molecule has 0 unspecified atom stereocenters. The molecular weight excluding hydrogens is 232 g/mol. The molecule has 0 saturated heterocycles. The van der Waals surface area contributed by atoms with Gasteiger partial charge in [0.1, 0.15) is 0 Å². The third-order valence-corrected chi connectivity index (χ3v) is 3.60. The summed E-state index contributed by atoms with van der Waals surface area (Å²) in [7, 11) is 1.63. The molecular formula is C13H16N2OS. The van der Waals surface area contributed by atoms with Crippen LogP contribution in [0.1, 0.15) is 23.5 Å². The van der Waals surface area contributed by atoms with E-state index in [1.54, 1.807) is 18.4 Å². The molecule has 17 heavy (non-hydrogen) atoms. The van der Waals surface area contributed by atoms with Gasteiger partial charge in [0.05, 0.1) is 12.8 Å². The Morgan fingerprint density at radius 2 is 2.24 bits per heavy atom. The normalized spacial score (nSPS) is 12.4. The van der Waals surface area contributed by atoms with E-state index in [1.165, 1.54) is 4.88 Å². The van der Waals surface area contributed by atoms with Crippen LogP contribution in [0, 0.1) is 0 Å². The van der Waals surface area contributed by atoms with Gasteiger partial charge in [0.2, 0.25) is 5.88 Å². The maximum atomic E-state index is 5.10. The van der Waals surface area contributed by atoms with Crippen LogP contribution < -0.4 is 10.1 Å². The van der Waals surface area contributed by atoms with Crippen LogP contribution >= 0.6 is 11.3 Å². The van der Waals surface area contributed by atoms with E-state index in [1.807, 2.05) is 18.2 Å². The molecule has 0 aliphatic heterocycles.